The molecule has 1 aliphatic heterocycles. The summed E-state index contributed by atoms with van der Waals surface area (Å²) >= 11 is 5.94. The third-order valence-electron chi connectivity index (χ3n) is 3.18. The number of benzene rings is 1. The van der Waals surface area contributed by atoms with Crippen LogP contribution in [0.15, 0.2) is 29.2 Å². The topological polar surface area (TPSA) is 20.3 Å². The summed E-state index contributed by atoms with van der Waals surface area (Å²) in [5.41, 5.74) is 0. The predicted molar refractivity (Wildman–Crippen MR) is 68.2 cm³/mol. The molecule has 1 unspecified atom stereocenters. The van der Waals surface area contributed by atoms with Crippen molar-refractivity contribution in [3.63, 3.8) is 0 Å². The molecule has 0 saturated carbocycles. The Hall–Kier alpha value is -0.590. The zero-order chi connectivity index (χ0) is 14.0. The first-order chi connectivity index (χ1) is 8.89. The van der Waals surface area contributed by atoms with Gasteiger partial charge in [-0.25, -0.2) is 8.51 Å². The van der Waals surface area contributed by atoms with Gasteiger partial charge in [-0.2, -0.15) is 13.2 Å². The number of halogens is 4. The number of alkyl halides is 3. The summed E-state index contributed by atoms with van der Waals surface area (Å²) < 4.78 is 51.4. The highest BCUT2D eigenvalue weighted by atomic mass is 35.5. The first kappa shape index (κ1) is 14.8. The van der Waals surface area contributed by atoms with Crippen molar-refractivity contribution in [2.75, 3.05) is 13.1 Å². The van der Waals surface area contributed by atoms with Crippen LogP contribution in [0.3, 0.4) is 0 Å². The van der Waals surface area contributed by atoms with Gasteiger partial charge in [-0.05, 0) is 25.0 Å². The number of hydrogen-bond acceptors (Lipinski definition) is 1. The van der Waals surface area contributed by atoms with E-state index >= 15 is 0 Å². The second-order valence-electron chi connectivity index (χ2n) is 4.42. The molecule has 1 aromatic rings. The average Bonchev–Trinajstić information content (AvgIpc) is 2.38. The lowest BCUT2D eigenvalue weighted by atomic mass is 9.98. The van der Waals surface area contributed by atoms with Gasteiger partial charge in [0.15, 0.2) is 0 Å². The minimum absolute atomic E-state index is 0.0142. The maximum Gasteiger partial charge on any atom is 0.391 e. The van der Waals surface area contributed by atoms with Crippen LogP contribution in [0.1, 0.15) is 12.8 Å². The standard InChI is InChI=1S/C12H13ClF3NOS/c13-10-3-1-2-4-11(10)19(18)17-7-5-9(6-8-17)12(14,15)16/h1-4,9H,5-8H2. The summed E-state index contributed by atoms with van der Waals surface area (Å²) in [5.74, 6) is -1.29. The van der Waals surface area contributed by atoms with Crippen molar-refractivity contribution in [2.45, 2.75) is 23.9 Å². The predicted octanol–water partition coefficient (Wildman–Crippen LogP) is 3.64. The zero-order valence-corrected chi connectivity index (χ0v) is 11.6. The van der Waals surface area contributed by atoms with Crippen LogP contribution in [0.25, 0.3) is 0 Å². The summed E-state index contributed by atoms with van der Waals surface area (Å²) in [6.07, 6.45) is -4.18. The smallest absolute Gasteiger partial charge is 0.237 e. The fourth-order valence-electron chi connectivity index (χ4n) is 2.07. The van der Waals surface area contributed by atoms with Gasteiger partial charge in [-0.3, -0.25) is 0 Å². The van der Waals surface area contributed by atoms with Gasteiger partial charge in [0.1, 0.15) is 11.0 Å². The quantitative estimate of drug-likeness (QED) is 0.816. The molecule has 2 nitrogen and oxygen atoms in total. The fourth-order valence-corrected chi connectivity index (χ4v) is 3.66. The number of rotatable bonds is 2. The van der Waals surface area contributed by atoms with Gasteiger partial charge in [-0.15, -0.1) is 0 Å². The van der Waals surface area contributed by atoms with Crippen LogP contribution >= 0.6 is 11.6 Å². The van der Waals surface area contributed by atoms with Crippen LogP contribution in [0, 0.1) is 5.92 Å². The van der Waals surface area contributed by atoms with E-state index in [-0.39, 0.29) is 25.9 Å². The second kappa shape index (κ2) is 5.81. The molecule has 7 heteroatoms. The normalized spacial score (nSPS) is 20.4. The van der Waals surface area contributed by atoms with E-state index in [0.29, 0.717) is 9.92 Å². The summed E-state index contributed by atoms with van der Waals surface area (Å²) in [6.45, 7) is 0.337. The molecule has 1 saturated heterocycles. The zero-order valence-electron chi connectivity index (χ0n) is 9.99. The van der Waals surface area contributed by atoms with E-state index in [0.717, 1.165) is 0 Å². The Balaban J connectivity index is 2.03. The highest BCUT2D eigenvalue weighted by Gasteiger charge is 2.41. The molecule has 1 aromatic carbocycles. The summed E-state index contributed by atoms with van der Waals surface area (Å²) in [6, 6.07) is 6.69. The lowest BCUT2D eigenvalue weighted by Crippen LogP contribution is -2.39. The first-order valence-corrected chi connectivity index (χ1v) is 7.36. The lowest BCUT2D eigenvalue weighted by Gasteiger charge is -2.31. The molecule has 0 N–H and O–H groups in total. The largest absolute Gasteiger partial charge is 0.391 e. The molecule has 0 spiro atoms. The van der Waals surface area contributed by atoms with E-state index in [9.17, 15) is 17.4 Å². The van der Waals surface area contributed by atoms with Crippen LogP contribution in [0.4, 0.5) is 13.2 Å². The lowest BCUT2D eigenvalue weighted by molar-refractivity contribution is -0.182. The second-order valence-corrected chi connectivity index (χ2v) is 6.29. The molecular weight excluding hydrogens is 299 g/mol. The Morgan fingerprint density at radius 1 is 1.21 bits per heavy atom. The number of piperidine rings is 1. The monoisotopic (exact) mass is 311 g/mol. The van der Waals surface area contributed by atoms with E-state index in [4.69, 9.17) is 11.6 Å². The Bertz CT molecular complexity index is 472. The van der Waals surface area contributed by atoms with Gasteiger partial charge in [0.25, 0.3) is 0 Å². The van der Waals surface area contributed by atoms with Gasteiger partial charge >= 0.3 is 6.18 Å². The minimum Gasteiger partial charge on any atom is -0.237 e. The third-order valence-corrected chi connectivity index (χ3v) is 5.18. The molecule has 0 aromatic heterocycles. The molecular formula is C12H13ClF3NOS. The van der Waals surface area contributed by atoms with Crippen molar-refractivity contribution in [2.24, 2.45) is 5.92 Å². The summed E-state index contributed by atoms with van der Waals surface area (Å²) in [5, 5.41) is 0.374. The Kier molecular flexibility index (Phi) is 4.53. The summed E-state index contributed by atoms with van der Waals surface area (Å²) in [4.78, 5) is 0.453. The summed E-state index contributed by atoms with van der Waals surface area (Å²) in [7, 11) is -1.49. The molecule has 1 heterocycles. The van der Waals surface area contributed by atoms with E-state index in [2.05, 4.69) is 0 Å². The molecule has 1 aliphatic rings. The molecule has 0 aliphatic carbocycles. The van der Waals surface area contributed by atoms with Gasteiger partial charge in [0.05, 0.1) is 15.8 Å². The van der Waals surface area contributed by atoms with Crippen molar-refractivity contribution >= 4 is 22.6 Å². The molecule has 1 atom stereocenters. The van der Waals surface area contributed by atoms with Crippen molar-refractivity contribution < 1.29 is 17.4 Å². The van der Waals surface area contributed by atoms with Crippen molar-refractivity contribution in [3.05, 3.63) is 29.3 Å². The Labute approximate surface area is 117 Å². The van der Waals surface area contributed by atoms with E-state index < -0.39 is 23.1 Å². The van der Waals surface area contributed by atoms with E-state index in [1.165, 1.54) is 0 Å². The van der Waals surface area contributed by atoms with Gasteiger partial charge in [0.2, 0.25) is 0 Å². The number of hydrogen-bond donors (Lipinski definition) is 0. The van der Waals surface area contributed by atoms with Gasteiger partial charge in [-0.1, -0.05) is 23.7 Å². The first-order valence-electron chi connectivity index (χ1n) is 5.87. The van der Waals surface area contributed by atoms with E-state index in [1.54, 1.807) is 28.6 Å². The highest BCUT2D eigenvalue weighted by Crippen LogP contribution is 2.35. The molecule has 0 amide bonds. The molecule has 0 bridgehead atoms. The van der Waals surface area contributed by atoms with Crippen LogP contribution in [0.2, 0.25) is 5.02 Å². The SMILES string of the molecule is O=S(c1ccccc1Cl)N1CCC(C(F)(F)F)CC1. The van der Waals surface area contributed by atoms with Crippen LogP contribution in [-0.4, -0.2) is 27.8 Å². The fraction of sp³-hybridized carbons (Fsp3) is 0.500. The van der Waals surface area contributed by atoms with Crippen LogP contribution < -0.4 is 0 Å². The third kappa shape index (κ3) is 3.49. The maximum absolute atomic E-state index is 12.5. The molecule has 19 heavy (non-hydrogen) atoms. The molecule has 1 fully saturated rings. The minimum atomic E-state index is -4.15. The van der Waals surface area contributed by atoms with Crippen LogP contribution in [-0.2, 0) is 11.0 Å². The van der Waals surface area contributed by atoms with Crippen molar-refractivity contribution in [1.29, 1.82) is 0 Å². The van der Waals surface area contributed by atoms with Crippen molar-refractivity contribution in [1.82, 2.24) is 4.31 Å². The molecule has 106 valence electrons. The van der Waals surface area contributed by atoms with Gasteiger partial charge in [0, 0.05) is 13.1 Å². The highest BCUT2D eigenvalue weighted by molar-refractivity contribution is 7.82. The Morgan fingerprint density at radius 3 is 2.32 bits per heavy atom. The average molecular weight is 312 g/mol. The molecule has 0 radical (unpaired) electrons. The van der Waals surface area contributed by atoms with Crippen LogP contribution in [0.5, 0.6) is 0 Å². The van der Waals surface area contributed by atoms with E-state index in [1.807, 2.05) is 0 Å². The maximum atomic E-state index is 12.5. The number of nitrogens with zero attached hydrogens (tertiary/aromatic N) is 1. The van der Waals surface area contributed by atoms with Crippen molar-refractivity contribution in [3.8, 4) is 0 Å². The molecule has 2 rings (SSSR count). The Morgan fingerprint density at radius 2 is 1.79 bits per heavy atom. The van der Waals surface area contributed by atoms with Gasteiger partial charge < -0.3 is 0 Å².